The van der Waals surface area contributed by atoms with E-state index in [9.17, 15) is 4.79 Å². The molecular formula is C19H18Cl2N6O2. The largest absolute Gasteiger partial charge is 0.473 e. The summed E-state index contributed by atoms with van der Waals surface area (Å²) >= 11 is 11.9. The van der Waals surface area contributed by atoms with Crippen LogP contribution in [0.2, 0.25) is 10.0 Å². The number of hydrogen-bond acceptors (Lipinski definition) is 5. The normalized spacial score (nSPS) is 14.6. The van der Waals surface area contributed by atoms with Crippen LogP contribution >= 0.6 is 23.2 Å². The van der Waals surface area contributed by atoms with Crippen molar-refractivity contribution in [3.8, 4) is 11.7 Å². The molecule has 3 heterocycles. The zero-order chi connectivity index (χ0) is 20.2. The topological polar surface area (TPSA) is 85.2 Å². The molecule has 0 radical (unpaired) electrons. The van der Waals surface area contributed by atoms with Crippen LogP contribution in [0.3, 0.4) is 0 Å². The molecule has 4 rings (SSSR count). The van der Waals surface area contributed by atoms with E-state index in [2.05, 4.69) is 20.6 Å². The average molecular weight is 433 g/mol. The third kappa shape index (κ3) is 4.78. The predicted octanol–water partition coefficient (Wildman–Crippen LogP) is 4.04. The number of halogens is 2. The molecular weight excluding hydrogens is 415 g/mol. The van der Waals surface area contributed by atoms with Gasteiger partial charge in [0.15, 0.2) is 5.82 Å². The van der Waals surface area contributed by atoms with Gasteiger partial charge in [-0.25, -0.2) is 9.48 Å². The number of amides is 2. The third-order valence-electron chi connectivity index (χ3n) is 4.55. The van der Waals surface area contributed by atoms with E-state index >= 15 is 0 Å². The maximum Gasteiger partial charge on any atom is 0.321 e. The van der Waals surface area contributed by atoms with E-state index in [0.29, 0.717) is 53.4 Å². The Bertz CT molecular complexity index is 973. The molecule has 0 spiro atoms. The Hall–Kier alpha value is -2.84. The molecule has 3 aromatic rings. The Labute approximate surface area is 177 Å². The summed E-state index contributed by atoms with van der Waals surface area (Å²) in [6.45, 7) is 1.16. The smallest absolute Gasteiger partial charge is 0.321 e. The molecule has 0 bridgehead atoms. The Morgan fingerprint density at radius 3 is 2.59 bits per heavy atom. The maximum atomic E-state index is 12.4. The summed E-state index contributed by atoms with van der Waals surface area (Å²) in [4.78, 5) is 14.2. The number of piperidine rings is 1. The van der Waals surface area contributed by atoms with Crippen molar-refractivity contribution in [2.75, 3.05) is 18.4 Å². The molecule has 0 unspecified atom stereocenters. The molecule has 1 aromatic carbocycles. The molecule has 29 heavy (non-hydrogen) atoms. The van der Waals surface area contributed by atoms with E-state index in [0.717, 1.165) is 0 Å². The molecule has 0 aliphatic carbocycles. The number of urea groups is 1. The first kappa shape index (κ1) is 19.5. The van der Waals surface area contributed by atoms with Crippen molar-refractivity contribution in [1.29, 1.82) is 0 Å². The van der Waals surface area contributed by atoms with Crippen molar-refractivity contribution in [3.63, 3.8) is 0 Å². The highest BCUT2D eigenvalue weighted by Crippen LogP contribution is 2.25. The molecule has 1 aliphatic rings. The lowest BCUT2D eigenvalue weighted by Gasteiger charge is -2.31. The van der Waals surface area contributed by atoms with E-state index in [-0.39, 0.29) is 12.1 Å². The second-order valence-electron chi connectivity index (χ2n) is 6.54. The fraction of sp³-hybridized carbons (Fsp3) is 0.263. The molecule has 8 nitrogen and oxygen atoms in total. The summed E-state index contributed by atoms with van der Waals surface area (Å²) in [7, 11) is 0. The van der Waals surface area contributed by atoms with Crippen LogP contribution in [0.4, 0.5) is 10.5 Å². The van der Waals surface area contributed by atoms with E-state index in [4.69, 9.17) is 27.9 Å². The second-order valence-corrected chi connectivity index (χ2v) is 7.36. The van der Waals surface area contributed by atoms with Gasteiger partial charge in [0.05, 0.1) is 10.0 Å². The molecule has 0 saturated carbocycles. The number of ether oxygens (including phenoxy) is 1. The van der Waals surface area contributed by atoms with Gasteiger partial charge in [0, 0.05) is 50.1 Å². The van der Waals surface area contributed by atoms with Gasteiger partial charge in [-0.05, 0) is 30.3 Å². The van der Waals surface area contributed by atoms with Crippen molar-refractivity contribution < 1.29 is 9.53 Å². The molecule has 2 amide bonds. The van der Waals surface area contributed by atoms with E-state index < -0.39 is 0 Å². The first-order valence-corrected chi connectivity index (χ1v) is 9.85. The summed E-state index contributed by atoms with van der Waals surface area (Å²) in [5, 5.41) is 16.0. The van der Waals surface area contributed by atoms with E-state index in [1.54, 1.807) is 52.3 Å². The molecule has 1 fully saturated rings. The van der Waals surface area contributed by atoms with Gasteiger partial charge in [0.2, 0.25) is 5.88 Å². The van der Waals surface area contributed by atoms with Gasteiger partial charge in [0.25, 0.3) is 0 Å². The van der Waals surface area contributed by atoms with E-state index in [1.165, 1.54) is 0 Å². The highest BCUT2D eigenvalue weighted by Gasteiger charge is 2.24. The van der Waals surface area contributed by atoms with Crippen LogP contribution in [0.15, 0.2) is 48.8 Å². The Balaban J connectivity index is 1.27. The van der Waals surface area contributed by atoms with Crippen LogP contribution in [-0.2, 0) is 0 Å². The average Bonchev–Trinajstić information content (AvgIpc) is 3.27. The molecule has 0 atom stereocenters. The first-order chi connectivity index (χ1) is 14.1. The summed E-state index contributed by atoms with van der Waals surface area (Å²) in [6, 6.07) is 10.2. The minimum absolute atomic E-state index is 0.0196. The second kappa shape index (κ2) is 8.67. The van der Waals surface area contributed by atoms with Crippen LogP contribution in [0.1, 0.15) is 12.8 Å². The number of benzene rings is 1. The molecule has 10 heteroatoms. The van der Waals surface area contributed by atoms with Crippen molar-refractivity contribution in [2.45, 2.75) is 18.9 Å². The lowest BCUT2D eigenvalue weighted by Crippen LogP contribution is -2.43. The van der Waals surface area contributed by atoms with Gasteiger partial charge in [0.1, 0.15) is 6.10 Å². The fourth-order valence-corrected chi connectivity index (χ4v) is 3.32. The predicted molar refractivity (Wildman–Crippen MR) is 110 cm³/mol. The number of nitrogens with zero attached hydrogens (tertiary/aromatic N) is 5. The van der Waals surface area contributed by atoms with Crippen molar-refractivity contribution in [1.82, 2.24) is 24.9 Å². The number of nitrogens with one attached hydrogen (secondary N) is 1. The van der Waals surface area contributed by atoms with Gasteiger partial charge in [-0.15, -0.1) is 10.2 Å². The van der Waals surface area contributed by atoms with E-state index in [1.807, 2.05) is 6.07 Å². The van der Waals surface area contributed by atoms with Crippen LogP contribution in [-0.4, -0.2) is 50.1 Å². The monoisotopic (exact) mass is 432 g/mol. The quantitative estimate of drug-likeness (QED) is 0.671. The molecule has 1 N–H and O–H groups in total. The molecule has 1 saturated heterocycles. The number of likely N-dealkylation sites (tertiary alicyclic amines) is 1. The molecule has 1 aliphatic heterocycles. The minimum atomic E-state index is -0.176. The highest BCUT2D eigenvalue weighted by atomic mass is 35.5. The van der Waals surface area contributed by atoms with Gasteiger partial charge in [-0.2, -0.15) is 5.10 Å². The van der Waals surface area contributed by atoms with Gasteiger partial charge < -0.3 is 15.0 Å². The third-order valence-corrected chi connectivity index (χ3v) is 5.29. The van der Waals surface area contributed by atoms with Crippen molar-refractivity contribution in [3.05, 3.63) is 58.8 Å². The summed E-state index contributed by atoms with van der Waals surface area (Å²) < 4.78 is 7.54. The zero-order valence-electron chi connectivity index (χ0n) is 15.3. The lowest BCUT2D eigenvalue weighted by atomic mass is 10.1. The van der Waals surface area contributed by atoms with Crippen molar-refractivity contribution in [2.24, 2.45) is 0 Å². The van der Waals surface area contributed by atoms with Gasteiger partial charge in [-0.3, -0.25) is 0 Å². The molecule has 2 aromatic heterocycles. The van der Waals surface area contributed by atoms with Gasteiger partial charge in [-0.1, -0.05) is 23.2 Å². The summed E-state index contributed by atoms with van der Waals surface area (Å²) in [6.07, 6.45) is 4.86. The number of aromatic nitrogens is 4. The fourth-order valence-electron chi connectivity index (χ4n) is 3.03. The van der Waals surface area contributed by atoms with Crippen molar-refractivity contribution >= 4 is 34.9 Å². The van der Waals surface area contributed by atoms with Crippen LogP contribution in [0, 0.1) is 0 Å². The maximum absolute atomic E-state index is 12.4. The summed E-state index contributed by atoms with van der Waals surface area (Å²) in [5.41, 5.74) is 0.607. The standard InChI is InChI=1S/C19H18Cl2N6O2/c20-15-3-2-13(12-16(15)21)23-19(28)26-10-6-14(7-11-26)29-18-5-4-17(24-25-18)27-9-1-8-22-27/h1-5,8-9,12,14H,6-7,10-11H2,(H,23,28). The highest BCUT2D eigenvalue weighted by molar-refractivity contribution is 6.42. The number of carbonyl (C=O) groups excluding carboxylic acids is 1. The zero-order valence-corrected chi connectivity index (χ0v) is 16.8. The minimum Gasteiger partial charge on any atom is -0.473 e. The SMILES string of the molecule is O=C(Nc1ccc(Cl)c(Cl)c1)N1CCC(Oc2ccc(-n3cccn3)nn2)CC1. The molecule has 150 valence electrons. The Morgan fingerprint density at radius 2 is 1.93 bits per heavy atom. The van der Waals surface area contributed by atoms with Crippen LogP contribution in [0.5, 0.6) is 5.88 Å². The van der Waals surface area contributed by atoms with Crippen LogP contribution in [0.25, 0.3) is 5.82 Å². The van der Waals surface area contributed by atoms with Crippen LogP contribution < -0.4 is 10.1 Å². The number of hydrogen-bond donors (Lipinski definition) is 1. The number of rotatable bonds is 4. The lowest BCUT2D eigenvalue weighted by molar-refractivity contribution is 0.110. The Kier molecular flexibility index (Phi) is 5.82. The number of anilines is 1. The van der Waals surface area contributed by atoms with Gasteiger partial charge >= 0.3 is 6.03 Å². The first-order valence-electron chi connectivity index (χ1n) is 9.10. The summed E-state index contributed by atoms with van der Waals surface area (Å²) in [5.74, 6) is 1.08. The Morgan fingerprint density at radius 1 is 1.10 bits per heavy atom. The number of carbonyl (C=O) groups is 1.